The Bertz CT molecular complexity index is 785. The lowest BCUT2D eigenvalue weighted by Gasteiger charge is -2.22. The lowest BCUT2D eigenvalue weighted by molar-refractivity contribution is 0.355. The van der Waals surface area contributed by atoms with E-state index in [9.17, 15) is 0 Å². The Morgan fingerprint density at radius 3 is 2.46 bits per heavy atom. The minimum absolute atomic E-state index is 0.550. The normalized spacial score (nSPS) is 17.0. The van der Waals surface area contributed by atoms with Gasteiger partial charge in [0.15, 0.2) is 17.3 Å². The fraction of sp³-hybridized carbons (Fsp3) is 0.524. The van der Waals surface area contributed by atoms with E-state index >= 15 is 0 Å². The summed E-state index contributed by atoms with van der Waals surface area (Å²) in [7, 11) is 3.30. The van der Waals surface area contributed by atoms with Crippen molar-refractivity contribution in [2.24, 2.45) is 0 Å². The molecule has 2 aliphatic carbocycles. The third-order valence-corrected chi connectivity index (χ3v) is 5.52. The molecule has 0 bridgehead atoms. The number of hydrogen-bond acceptors (Lipinski definition) is 5. The second-order valence-corrected chi connectivity index (χ2v) is 7.22. The first-order valence-corrected chi connectivity index (χ1v) is 9.67. The van der Waals surface area contributed by atoms with Crippen molar-refractivity contribution in [2.45, 2.75) is 57.4 Å². The molecule has 1 saturated carbocycles. The van der Waals surface area contributed by atoms with Gasteiger partial charge in [-0.3, -0.25) is 0 Å². The Labute approximate surface area is 155 Å². The number of methoxy groups -OCH3 is 2. The smallest absolute Gasteiger partial charge is 0.161 e. The van der Waals surface area contributed by atoms with Gasteiger partial charge in [-0.15, -0.1) is 0 Å². The summed E-state index contributed by atoms with van der Waals surface area (Å²) in [6.45, 7) is 0. The van der Waals surface area contributed by atoms with Crippen LogP contribution in [0.2, 0.25) is 0 Å². The summed E-state index contributed by atoms with van der Waals surface area (Å²) in [4.78, 5) is 9.83. The highest BCUT2D eigenvalue weighted by Crippen LogP contribution is 2.34. The van der Waals surface area contributed by atoms with Gasteiger partial charge in [0, 0.05) is 22.9 Å². The molecule has 0 amide bonds. The zero-order chi connectivity index (χ0) is 17.9. The molecule has 0 aliphatic heterocycles. The Kier molecular flexibility index (Phi) is 4.96. The number of aromatic nitrogens is 2. The molecular weight excluding hydrogens is 326 g/mol. The molecule has 1 aromatic heterocycles. The summed E-state index contributed by atoms with van der Waals surface area (Å²) in [5, 5.41) is 3.72. The van der Waals surface area contributed by atoms with Gasteiger partial charge in [0.2, 0.25) is 0 Å². The molecule has 1 heterocycles. The number of nitrogens with one attached hydrogen (secondary N) is 1. The Morgan fingerprint density at radius 1 is 0.923 bits per heavy atom. The number of aryl methyl sites for hydroxylation is 1. The molecular formula is C21H27N3O2. The number of hydrogen-bond donors (Lipinski definition) is 1. The summed E-state index contributed by atoms with van der Waals surface area (Å²) in [6.07, 6.45) is 9.66. The minimum Gasteiger partial charge on any atom is -0.493 e. The van der Waals surface area contributed by atoms with E-state index in [-0.39, 0.29) is 0 Å². The standard InChI is InChI=1S/C21H27N3O2/c1-25-18-12-11-14(13-19(18)26-2)20-23-17-10-6-5-9-16(17)21(24-20)22-15-7-3-4-8-15/h11-13,15H,3-10H2,1-2H3,(H,22,23,24). The van der Waals surface area contributed by atoms with Gasteiger partial charge in [-0.1, -0.05) is 12.8 Å². The van der Waals surface area contributed by atoms with Crippen molar-refractivity contribution >= 4 is 5.82 Å². The topological polar surface area (TPSA) is 56.3 Å². The average Bonchev–Trinajstić information content (AvgIpc) is 3.20. The zero-order valence-corrected chi connectivity index (χ0v) is 15.7. The molecule has 2 aliphatic rings. The molecule has 4 rings (SSSR count). The van der Waals surface area contributed by atoms with Gasteiger partial charge in [-0.2, -0.15) is 0 Å². The van der Waals surface area contributed by atoms with Gasteiger partial charge in [-0.05, 0) is 56.7 Å². The van der Waals surface area contributed by atoms with Gasteiger partial charge in [0.1, 0.15) is 5.82 Å². The van der Waals surface area contributed by atoms with Crippen molar-refractivity contribution in [3.8, 4) is 22.9 Å². The maximum atomic E-state index is 5.45. The monoisotopic (exact) mass is 353 g/mol. The molecule has 26 heavy (non-hydrogen) atoms. The van der Waals surface area contributed by atoms with E-state index in [0.717, 1.165) is 35.8 Å². The van der Waals surface area contributed by atoms with Crippen LogP contribution in [0, 0.1) is 0 Å². The highest BCUT2D eigenvalue weighted by molar-refractivity contribution is 5.64. The van der Waals surface area contributed by atoms with Crippen LogP contribution in [0.15, 0.2) is 18.2 Å². The molecule has 1 N–H and O–H groups in total. The minimum atomic E-state index is 0.550. The number of benzene rings is 1. The molecule has 1 fully saturated rings. The lowest BCUT2D eigenvalue weighted by atomic mass is 9.96. The number of anilines is 1. The molecule has 138 valence electrons. The fourth-order valence-electron chi connectivity index (χ4n) is 4.08. The summed E-state index contributed by atoms with van der Waals surface area (Å²) < 4.78 is 10.8. The maximum absolute atomic E-state index is 5.45. The molecule has 2 aromatic rings. The van der Waals surface area contributed by atoms with Crippen LogP contribution in [0.4, 0.5) is 5.82 Å². The predicted molar refractivity (Wildman–Crippen MR) is 103 cm³/mol. The van der Waals surface area contributed by atoms with Crippen molar-refractivity contribution in [1.29, 1.82) is 0 Å². The van der Waals surface area contributed by atoms with Gasteiger partial charge in [-0.25, -0.2) is 9.97 Å². The Balaban J connectivity index is 1.74. The third-order valence-electron chi connectivity index (χ3n) is 5.52. The van der Waals surface area contributed by atoms with E-state index in [1.165, 1.54) is 49.8 Å². The van der Waals surface area contributed by atoms with Crippen molar-refractivity contribution in [2.75, 3.05) is 19.5 Å². The molecule has 5 nitrogen and oxygen atoms in total. The van der Waals surface area contributed by atoms with Crippen LogP contribution in [-0.4, -0.2) is 30.2 Å². The van der Waals surface area contributed by atoms with Crippen molar-refractivity contribution in [3.63, 3.8) is 0 Å². The number of nitrogens with zero attached hydrogens (tertiary/aromatic N) is 2. The first-order chi connectivity index (χ1) is 12.8. The molecule has 0 radical (unpaired) electrons. The van der Waals surface area contributed by atoms with E-state index in [1.807, 2.05) is 18.2 Å². The van der Waals surface area contributed by atoms with Crippen LogP contribution in [0.25, 0.3) is 11.4 Å². The van der Waals surface area contributed by atoms with Gasteiger partial charge < -0.3 is 14.8 Å². The number of ether oxygens (including phenoxy) is 2. The first-order valence-electron chi connectivity index (χ1n) is 9.67. The lowest BCUT2D eigenvalue weighted by Crippen LogP contribution is -2.20. The molecule has 1 aromatic carbocycles. The predicted octanol–water partition coefficient (Wildman–Crippen LogP) is 4.39. The molecule has 0 spiro atoms. The van der Waals surface area contributed by atoms with Gasteiger partial charge in [0.05, 0.1) is 14.2 Å². The SMILES string of the molecule is COc1ccc(-c2nc3c(c(NC4CCCC4)n2)CCCC3)cc1OC. The van der Waals surface area contributed by atoms with Gasteiger partial charge >= 0.3 is 0 Å². The second kappa shape index (κ2) is 7.52. The fourth-order valence-corrected chi connectivity index (χ4v) is 4.08. The molecule has 0 atom stereocenters. The average molecular weight is 353 g/mol. The first kappa shape index (κ1) is 17.1. The zero-order valence-electron chi connectivity index (χ0n) is 15.7. The van der Waals surface area contributed by atoms with Crippen LogP contribution in [0.3, 0.4) is 0 Å². The van der Waals surface area contributed by atoms with E-state index in [0.29, 0.717) is 11.8 Å². The Morgan fingerprint density at radius 2 is 1.69 bits per heavy atom. The number of rotatable bonds is 5. The van der Waals surface area contributed by atoms with Crippen LogP contribution < -0.4 is 14.8 Å². The maximum Gasteiger partial charge on any atom is 0.161 e. The van der Waals surface area contributed by atoms with Crippen LogP contribution in [0.5, 0.6) is 11.5 Å². The van der Waals surface area contributed by atoms with Gasteiger partial charge in [0.25, 0.3) is 0 Å². The largest absolute Gasteiger partial charge is 0.493 e. The summed E-state index contributed by atoms with van der Waals surface area (Å²) in [5.74, 6) is 3.24. The molecule has 5 heteroatoms. The van der Waals surface area contributed by atoms with E-state index in [4.69, 9.17) is 19.4 Å². The van der Waals surface area contributed by atoms with E-state index < -0.39 is 0 Å². The number of fused-ring (bicyclic) bond motifs is 1. The highest BCUT2D eigenvalue weighted by atomic mass is 16.5. The van der Waals surface area contributed by atoms with E-state index in [1.54, 1.807) is 14.2 Å². The van der Waals surface area contributed by atoms with Crippen LogP contribution in [-0.2, 0) is 12.8 Å². The van der Waals surface area contributed by atoms with Crippen molar-refractivity contribution in [3.05, 3.63) is 29.5 Å². The van der Waals surface area contributed by atoms with Crippen LogP contribution in [0.1, 0.15) is 49.8 Å². The molecule has 0 unspecified atom stereocenters. The quantitative estimate of drug-likeness (QED) is 0.864. The Hall–Kier alpha value is -2.30. The van der Waals surface area contributed by atoms with Crippen molar-refractivity contribution in [1.82, 2.24) is 9.97 Å². The highest BCUT2D eigenvalue weighted by Gasteiger charge is 2.22. The summed E-state index contributed by atoms with van der Waals surface area (Å²) >= 11 is 0. The summed E-state index contributed by atoms with van der Waals surface area (Å²) in [5.41, 5.74) is 3.49. The van der Waals surface area contributed by atoms with Crippen LogP contribution >= 0.6 is 0 Å². The second-order valence-electron chi connectivity index (χ2n) is 7.22. The summed E-state index contributed by atoms with van der Waals surface area (Å²) in [6, 6.07) is 6.43. The van der Waals surface area contributed by atoms with Crippen molar-refractivity contribution < 1.29 is 9.47 Å². The van der Waals surface area contributed by atoms with E-state index in [2.05, 4.69) is 5.32 Å². The molecule has 0 saturated heterocycles. The third kappa shape index (κ3) is 3.35.